The molecule has 14 heavy (non-hydrogen) atoms. The summed E-state index contributed by atoms with van der Waals surface area (Å²) in [6.07, 6.45) is 4.48. The number of hydrogen-bond donors (Lipinski definition) is 2. The first-order valence-corrected chi connectivity index (χ1v) is 4.02. The van der Waals surface area contributed by atoms with Gasteiger partial charge in [-0.05, 0) is 0 Å². The predicted octanol–water partition coefficient (Wildman–Crippen LogP) is -0.870. The molecule has 1 saturated heterocycles. The highest BCUT2D eigenvalue weighted by Crippen LogP contribution is 2.28. The molecule has 1 aromatic heterocycles. The first-order valence-electron chi connectivity index (χ1n) is 4.02. The lowest BCUT2D eigenvalue weighted by Gasteiger charge is -2.10. The van der Waals surface area contributed by atoms with Crippen LogP contribution in [0.3, 0.4) is 0 Å². The SMILES string of the molecule is N/N=C\N(N)c1cncc([C@H]2CO2)n1. The molecule has 7 heteroatoms. The first-order chi connectivity index (χ1) is 6.81. The molecule has 0 radical (unpaired) electrons. The van der Waals surface area contributed by atoms with Crippen LogP contribution in [-0.2, 0) is 4.74 Å². The third-order valence-corrected chi connectivity index (χ3v) is 1.76. The van der Waals surface area contributed by atoms with Gasteiger partial charge in [0.05, 0.1) is 24.7 Å². The number of rotatable bonds is 3. The van der Waals surface area contributed by atoms with Crippen molar-refractivity contribution in [3.63, 3.8) is 0 Å². The van der Waals surface area contributed by atoms with E-state index in [1.165, 1.54) is 17.5 Å². The molecule has 2 rings (SSSR count). The van der Waals surface area contributed by atoms with Crippen molar-refractivity contribution in [1.29, 1.82) is 0 Å². The van der Waals surface area contributed by atoms with E-state index in [1.54, 1.807) is 6.20 Å². The zero-order chi connectivity index (χ0) is 9.97. The number of nitrogens with zero attached hydrogens (tertiary/aromatic N) is 4. The zero-order valence-electron chi connectivity index (χ0n) is 7.37. The lowest BCUT2D eigenvalue weighted by molar-refractivity contribution is 0.411. The Morgan fingerprint density at radius 3 is 3.07 bits per heavy atom. The standard InChI is InChI=1S/C7H10N6O/c8-11-4-13(9)7-2-10-1-5(12-7)6-3-14-6/h1-2,4,6H,3,8-9H2/b11-4-/t6-/m1/s1. The topological polar surface area (TPSA) is 106 Å². The summed E-state index contributed by atoms with van der Waals surface area (Å²) in [5.41, 5.74) is 0.767. The van der Waals surface area contributed by atoms with Crippen LogP contribution in [0, 0.1) is 0 Å². The Kier molecular flexibility index (Phi) is 2.25. The van der Waals surface area contributed by atoms with E-state index < -0.39 is 0 Å². The summed E-state index contributed by atoms with van der Waals surface area (Å²) in [4.78, 5) is 8.20. The average Bonchev–Trinajstić information content (AvgIpc) is 3.02. The van der Waals surface area contributed by atoms with Gasteiger partial charge < -0.3 is 10.6 Å². The Hall–Kier alpha value is -1.73. The molecule has 0 aliphatic carbocycles. The van der Waals surface area contributed by atoms with Crippen LogP contribution in [-0.4, -0.2) is 22.9 Å². The highest BCUT2D eigenvalue weighted by molar-refractivity contribution is 5.74. The molecule has 0 aromatic carbocycles. The van der Waals surface area contributed by atoms with Crippen molar-refractivity contribution >= 4 is 12.2 Å². The van der Waals surface area contributed by atoms with Crippen molar-refractivity contribution < 1.29 is 4.74 Å². The summed E-state index contributed by atoms with van der Waals surface area (Å²) in [7, 11) is 0. The third kappa shape index (κ3) is 1.78. The Balaban J connectivity index is 2.20. The summed E-state index contributed by atoms with van der Waals surface area (Å²) in [6, 6.07) is 0. The van der Waals surface area contributed by atoms with Gasteiger partial charge in [-0.15, -0.1) is 0 Å². The van der Waals surface area contributed by atoms with E-state index in [1.807, 2.05) is 0 Å². The summed E-state index contributed by atoms with van der Waals surface area (Å²) < 4.78 is 5.07. The fraction of sp³-hybridized carbons (Fsp3) is 0.286. The monoisotopic (exact) mass is 194 g/mol. The van der Waals surface area contributed by atoms with Crippen LogP contribution in [0.1, 0.15) is 11.8 Å². The number of epoxide rings is 1. The number of ether oxygens (including phenoxy) is 1. The third-order valence-electron chi connectivity index (χ3n) is 1.76. The normalized spacial score (nSPS) is 19.9. The first kappa shape index (κ1) is 8.85. The van der Waals surface area contributed by atoms with Gasteiger partial charge in [-0.25, -0.2) is 15.8 Å². The van der Waals surface area contributed by atoms with Crippen LogP contribution in [0.2, 0.25) is 0 Å². The lowest BCUT2D eigenvalue weighted by atomic mass is 10.3. The molecule has 2 heterocycles. The minimum atomic E-state index is 0.0608. The predicted molar refractivity (Wildman–Crippen MR) is 50.1 cm³/mol. The van der Waals surface area contributed by atoms with Gasteiger partial charge in [-0.2, -0.15) is 5.10 Å². The van der Waals surface area contributed by atoms with Gasteiger partial charge in [0.1, 0.15) is 12.4 Å². The van der Waals surface area contributed by atoms with E-state index in [0.717, 1.165) is 5.69 Å². The summed E-state index contributed by atoms with van der Waals surface area (Å²) in [6.45, 7) is 0.688. The number of hydrogen-bond acceptors (Lipinski definition) is 6. The van der Waals surface area contributed by atoms with Crippen molar-refractivity contribution in [2.75, 3.05) is 11.6 Å². The molecule has 7 nitrogen and oxygen atoms in total. The number of hydrazine groups is 1. The van der Waals surface area contributed by atoms with E-state index in [2.05, 4.69) is 15.1 Å². The number of nitrogens with two attached hydrogens (primary N) is 2. The Morgan fingerprint density at radius 2 is 2.43 bits per heavy atom. The van der Waals surface area contributed by atoms with Gasteiger partial charge >= 0.3 is 0 Å². The largest absolute Gasteiger partial charge is 0.366 e. The molecule has 0 spiro atoms. The van der Waals surface area contributed by atoms with E-state index in [-0.39, 0.29) is 6.10 Å². The van der Waals surface area contributed by atoms with Gasteiger partial charge in [-0.3, -0.25) is 4.98 Å². The molecule has 0 bridgehead atoms. The van der Waals surface area contributed by atoms with Gasteiger partial charge in [0, 0.05) is 0 Å². The Labute approximate surface area is 80.3 Å². The molecule has 1 aliphatic rings. The molecule has 74 valence electrons. The molecule has 1 aliphatic heterocycles. The van der Waals surface area contributed by atoms with Crippen molar-refractivity contribution in [3.8, 4) is 0 Å². The minimum absolute atomic E-state index is 0.0608. The van der Waals surface area contributed by atoms with Gasteiger partial charge in [0.2, 0.25) is 0 Å². The maximum absolute atomic E-state index is 5.56. The molecule has 4 N–H and O–H groups in total. The molecular formula is C7H10N6O. The molecular weight excluding hydrogens is 184 g/mol. The summed E-state index contributed by atoms with van der Waals surface area (Å²) >= 11 is 0. The van der Waals surface area contributed by atoms with E-state index >= 15 is 0 Å². The second-order valence-corrected chi connectivity index (χ2v) is 2.80. The summed E-state index contributed by atoms with van der Waals surface area (Å²) in [5, 5.41) is 4.47. The maximum atomic E-state index is 5.56. The fourth-order valence-corrected chi connectivity index (χ4v) is 1.000. The maximum Gasteiger partial charge on any atom is 0.167 e. The number of hydrazone groups is 1. The van der Waals surface area contributed by atoms with Crippen LogP contribution in [0.4, 0.5) is 5.82 Å². The molecule has 0 amide bonds. The van der Waals surface area contributed by atoms with Crippen molar-refractivity contribution in [1.82, 2.24) is 9.97 Å². The quantitative estimate of drug-likeness (QED) is 0.213. The van der Waals surface area contributed by atoms with Crippen molar-refractivity contribution in [2.24, 2.45) is 16.8 Å². The van der Waals surface area contributed by atoms with Crippen molar-refractivity contribution in [3.05, 3.63) is 18.1 Å². The van der Waals surface area contributed by atoms with Crippen LogP contribution in [0.15, 0.2) is 17.5 Å². The van der Waals surface area contributed by atoms with Gasteiger partial charge in [0.25, 0.3) is 0 Å². The number of aromatic nitrogens is 2. The van der Waals surface area contributed by atoms with Gasteiger partial charge in [0.15, 0.2) is 5.82 Å². The zero-order valence-corrected chi connectivity index (χ0v) is 7.37. The molecule has 1 atom stereocenters. The second kappa shape index (κ2) is 3.56. The smallest absolute Gasteiger partial charge is 0.167 e. The Bertz CT molecular complexity index is 350. The van der Waals surface area contributed by atoms with Crippen LogP contribution in [0.5, 0.6) is 0 Å². The molecule has 0 saturated carbocycles. The van der Waals surface area contributed by atoms with Crippen LogP contribution in [0.25, 0.3) is 0 Å². The summed E-state index contributed by atoms with van der Waals surface area (Å²) in [5.74, 6) is 11.0. The molecule has 1 aromatic rings. The number of anilines is 1. The lowest BCUT2D eigenvalue weighted by Crippen LogP contribution is -2.30. The minimum Gasteiger partial charge on any atom is -0.366 e. The van der Waals surface area contributed by atoms with E-state index in [0.29, 0.717) is 12.4 Å². The average molecular weight is 194 g/mol. The Morgan fingerprint density at radius 1 is 1.64 bits per heavy atom. The second-order valence-electron chi connectivity index (χ2n) is 2.80. The van der Waals surface area contributed by atoms with Gasteiger partial charge in [-0.1, -0.05) is 0 Å². The molecule has 1 fully saturated rings. The molecule has 0 unspecified atom stereocenters. The highest BCUT2D eigenvalue weighted by Gasteiger charge is 2.27. The van der Waals surface area contributed by atoms with Crippen LogP contribution < -0.4 is 16.7 Å². The van der Waals surface area contributed by atoms with Crippen LogP contribution >= 0.6 is 0 Å². The van der Waals surface area contributed by atoms with E-state index in [9.17, 15) is 0 Å². The van der Waals surface area contributed by atoms with E-state index in [4.69, 9.17) is 16.4 Å². The fourth-order valence-electron chi connectivity index (χ4n) is 1.000. The highest BCUT2D eigenvalue weighted by atomic mass is 16.6. The van der Waals surface area contributed by atoms with Crippen molar-refractivity contribution in [2.45, 2.75) is 6.10 Å².